The first-order valence-corrected chi connectivity index (χ1v) is 15.0. The SMILES string of the molecule is COc1cc(C)c2nc(CCCN(C)CC[C@]3(OC(=O)C(C)C)C[C@H]4CC[C@@H]3C=C4c3ccccc3)[nH]c2c1OC. The van der Waals surface area contributed by atoms with E-state index in [9.17, 15) is 4.79 Å². The number of nitrogens with one attached hydrogen (secondary N) is 1. The van der Waals surface area contributed by atoms with Gasteiger partial charge in [-0.25, -0.2) is 4.98 Å². The number of esters is 1. The molecular formula is C34H45N3O4. The number of carbonyl (C=O) groups is 1. The smallest absolute Gasteiger partial charge is 0.308 e. The van der Waals surface area contributed by atoms with E-state index in [-0.39, 0.29) is 17.8 Å². The van der Waals surface area contributed by atoms with Crippen LogP contribution in [0, 0.1) is 24.7 Å². The zero-order valence-corrected chi connectivity index (χ0v) is 25.5. The number of hydrogen-bond donors (Lipinski definition) is 1. The Balaban J connectivity index is 1.24. The van der Waals surface area contributed by atoms with Crippen molar-refractivity contribution in [2.24, 2.45) is 17.8 Å². The lowest BCUT2D eigenvalue weighted by atomic mass is 9.60. The Morgan fingerprint density at radius 1 is 1.15 bits per heavy atom. The van der Waals surface area contributed by atoms with Gasteiger partial charge in [0.25, 0.3) is 0 Å². The van der Waals surface area contributed by atoms with E-state index in [0.717, 1.165) is 74.0 Å². The molecule has 3 aliphatic carbocycles. The third kappa shape index (κ3) is 6.01. The maximum atomic E-state index is 12.9. The van der Waals surface area contributed by atoms with Crippen molar-refractivity contribution >= 4 is 22.6 Å². The highest BCUT2D eigenvalue weighted by molar-refractivity contribution is 5.87. The molecule has 220 valence electrons. The van der Waals surface area contributed by atoms with Crippen LogP contribution in [0.2, 0.25) is 0 Å². The third-order valence-electron chi connectivity index (χ3n) is 9.02. The van der Waals surface area contributed by atoms with E-state index in [1.165, 1.54) is 11.1 Å². The van der Waals surface area contributed by atoms with E-state index in [0.29, 0.717) is 17.4 Å². The molecule has 0 aliphatic heterocycles. The first-order valence-electron chi connectivity index (χ1n) is 15.0. The molecule has 3 aromatic rings. The van der Waals surface area contributed by atoms with Crippen LogP contribution >= 0.6 is 0 Å². The van der Waals surface area contributed by atoms with Crippen LogP contribution in [0.25, 0.3) is 16.6 Å². The summed E-state index contributed by atoms with van der Waals surface area (Å²) in [5.41, 5.74) is 5.18. The number of aryl methyl sites for hydroxylation is 2. The molecule has 0 amide bonds. The molecule has 41 heavy (non-hydrogen) atoms. The van der Waals surface area contributed by atoms with Gasteiger partial charge in [-0.2, -0.15) is 0 Å². The first kappa shape index (κ1) is 29.2. The Bertz CT molecular complexity index is 1400. The molecule has 1 aromatic heterocycles. The number of H-pyrrole nitrogens is 1. The summed E-state index contributed by atoms with van der Waals surface area (Å²) < 4.78 is 17.5. The zero-order chi connectivity index (χ0) is 29.1. The van der Waals surface area contributed by atoms with Crippen molar-refractivity contribution < 1.29 is 19.0 Å². The predicted molar refractivity (Wildman–Crippen MR) is 163 cm³/mol. The van der Waals surface area contributed by atoms with Gasteiger partial charge < -0.3 is 24.1 Å². The second-order valence-electron chi connectivity index (χ2n) is 12.2. The summed E-state index contributed by atoms with van der Waals surface area (Å²) in [6.07, 6.45) is 8.24. The molecule has 1 heterocycles. The van der Waals surface area contributed by atoms with E-state index in [4.69, 9.17) is 19.2 Å². The summed E-state index contributed by atoms with van der Waals surface area (Å²) in [4.78, 5) is 23.6. The van der Waals surface area contributed by atoms with Gasteiger partial charge in [-0.1, -0.05) is 50.3 Å². The number of benzene rings is 2. The number of ether oxygens (including phenoxy) is 3. The Labute approximate surface area is 244 Å². The van der Waals surface area contributed by atoms with E-state index in [1.54, 1.807) is 14.2 Å². The molecule has 7 nitrogen and oxygen atoms in total. The number of aromatic amines is 1. The van der Waals surface area contributed by atoms with Crippen LogP contribution in [0.4, 0.5) is 0 Å². The Hall–Kier alpha value is -3.32. The molecule has 1 fully saturated rings. The average molecular weight is 560 g/mol. The predicted octanol–water partition coefficient (Wildman–Crippen LogP) is 6.59. The van der Waals surface area contributed by atoms with Crippen molar-refractivity contribution in [3.05, 3.63) is 59.4 Å². The minimum absolute atomic E-state index is 0.0814. The fraction of sp³-hybridized carbons (Fsp3) is 0.529. The fourth-order valence-corrected chi connectivity index (χ4v) is 6.71. The van der Waals surface area contributed by atoms with E-state index in [1.807, 2.05) is 26.8 Å². The number of allylic oxidation sites excluding steroid dienone is 1. The fourth-order valence-electron chi connectivity index (χ4n) is 6.71. The topological polar surface area (TPSA) is 76.7 Å². The zero-order valence-electron chi connectivity index (χ0n) is 25.5. The highest BCUT2D eigenvalue weighted by Crippen LogP contribution is 2.53. The van der Waals surface area contributed by atoms with Gasteiger partial charge in [0, 0.05) is 25.3 Å². The van der Waals surface area contributed by atoms with Crippen LogP contribution < -0.4 is 9.47 Å². The second kappa shape index (κ2) is 12.3. The number of hydrogen-bond acceptors (Lipinski definition) is 6. The molecule has 7 heteroatoms. The maximum Gasteiger partial charge on any atom is 0.308 e. The molecular weight excluding hydrogens is 514 g/mol. The number of nitrogens with zero attached hydrogens (tertiary/aromatic N) is 2. The lowest BCUT2D eigenvalue weighted by Crippen LogP contribution is -2.51. The number of methoxy groups -OCH3 is 2. The molecule has 6 rings (SSSR count). The minimum Gasteiger partial charge on any atom is -0.493 e. The first-order chi connectivity index (χ1) is 19.7. The van der Waals surface area contributed by atoms with Crippen LogP contribution in [-0.2, 0) is 16.0 Å². The average Bonchev–Trinajstić information content (AvgIpc) is 3.41. The number of fused-ring (bicyclic) bond motifs is 3. The Morgan fingerprint density at radius 2 is 1.93 bits per heavy atom. The molecule has 0 unspecified atom stereocenters. The van der Waals surface area contributed by atoms with Crippen molar-refractivity contribution in [3.63, 3.8) is 0 Å². The van der Waals surface area contributed by atoms with Gasteiger partial charge >= 0.3 is 5.97 Å². The lowest BCUT2D eigenvalue weighted by molar-refractivity contribution is -0.176. The summed E-state index contributed by atoms with van der Waals surface area (Å²) in [6, 6.07) is 12.7. The van der Waals surface area contributed by atoms with Crippen LogP contribution in [0.1, 0.15) is 62.9 Å². The summed E-state index contributed by atoms with van der Waals surface area (Å²) in [6.45, 7) is 7.72. The molecule has 0 saturated heterocycles. The standard InChI is InChI=1S/C34H45N3O4/c1-22(2)33(38)41-34(21-25-14-15-26(34)20-27(25)24-11-8-7-9-12-24)16-18-37(4)17-10-13-29-35-30-23(3)19-28(39-5)32(40-6)31(30)36-29/h7-9,11-12,19-20,22,25-26H,10,13-18,21H2,1-6H3,(H,35,36)/t25-,26-,34+/m1/s1. The Morgan fingerprint density at radius 3 is 2.59 bits per heavy atom. The van der Waals surface area contributed by atoms with Crippen LogP contribution in [0.3, 0.4) is 0 Å². The van der Waals surface area contributed by atoms with Gasteiger partial charge in [0.1, 0.15) is 16.9 Å². The van der Waals surface area contributed by atoms with Crippen molar-refractivity contribution in [2.45, 2.75) is 64.9 Å². The monoisotopic (exact) mass is 559 g/mol. The second-order valence-corrected chi connectivity index (χ2v) is 12.2. The van der Waals surface area contributed by atoms with Crippen LogP contribution in [0.5, 0.6) is 11.5 Å². The van der Waals surface area contributed by atoms with Crippen LogP contribution in [-0.4, -0.2) is 60.8 Å². The van der Waals surface area contributed by atoms with Gasteiger partial charge in [0.15, 0.2) is 11.5 Å². The van der Waals surface area contributed by atoms with E-state index >= 15 is 0 Å². The van der Waals surface area contributed by atoms with Gasteiger partial charge in [0.2, 0.25) is 0 Å². The lowest BCUT2D eigenvalue weighted by Gasteiger charge is -2.50. The third-order valence-corrected chi connectivity index (χ3v) is 9.02. The van der Waals surface area contributed by atoms with Gasteiger partial charge in [-0.3, -0.25) is 4.79 Å². The van der Waals surface area contributed by atoms with Crippen molar-refractivity contribution in [2.75, 3.05) is 34.4 Å². The Kier molecular flexibility index (Phi) is 8.74. The summed E-state index contributed by atoms with van der Waals surface area (Å²) >= 11 is 0. The maximum absolute atomic E-state index is 12.9. The van der Waals surface area contributed by atoms with E-state index < -0.39 is 5.60 Å². The summed E-state index contributed by atoms with van der Waals surface area (Å²) in [5.74, 6) is 2.83. The highest BCUT2D eigenvalue weighted by atomic mass is 16.6. The van der Waals surface area contributed by atoms with Crippen molar-refractivity contribution in [3.8, 4) is 11.5 Å². The molecule has 2 aromatic carbocycles. The van der Waals surface area contributed by atoms with Crippen molar-refractivity contribution in [1.29, 1.82) is 0 Å². The largest absolute Gasteiger partial charge is 0.493 e. The highest BCUT2D eigenvalue weighted by Gasteiger charge is 2.50. The van der Waals surface area contributed by atoms with Gasteiger partial charge in [-0.05, 0) is 74.9 Å². The molecule has 0 radical (unpaired) electrons. The minimum atomic E-state index is -0.428. The van der Waals surface area contributed by atoms with Crippen molar-refractivity contribution in [1.82, 2.24) is 14.9 Å². The van der Waals surface area contributed by atoms with Gasteiger partial charge in [0.05, 0.1) is 25.7 Å². The van der Waals surface area contributed by atoms with E-state index in [2.05, 4.69) is 53.3 Å². The quantitative estimate of drug-likeness (QED) is 0.252. The normalized spacial score (nSPS) is 21.9. The van der Waals surface area contributed by atoms with Gasteiger partial charge in [-0.15, -0.1) is 0 Å². The molecule has 1 saturated carbocycles. The molecule has 0 spiro atoms. The number of rotatable bonds is 12. The molecule has 2 bridgehead atoms. The number of imidazole rings is 1. The molecule has 3 aliphatic rings. The molecule has 1 N–H and O–H groups in total. The van der Waals surface area contributed by atoms with Crippen LogP contribution in [0.15, 0.2) is 42.5 Å². The summed E-state index contributed by atoms with van der Waals surface area (Å²) in [7, 11) is 5.48. The number of aromatic nitrogens is 2. The molecule has 3 atom stereocenters. The number of carbonyl (C=O) groups excluding carboxylic acids is 1. The summed E-state index contributed by atoms with van der Waals surface area (Å²) in [5, 5.41) is 0.